The maximum absolute atomic E-state index is 13.4. The van der Waals surface area contributed by atoms with Crippen molar-refractivity contribution in [2.75, 3.05) is 14.2 Å². The molecule has 1 aromatic rings. The van der Waals surface area contributed by atoms with Crippen LogP contribution in [0.5, 0.6) is 11.5 Å². The van der Waals surface area contributed by atoms with E-state index in [1.54, 1.807) is 19.1 Å². The molecule has 3 nitrogen and oxygen atoms in total. The van der Waals surface area contributed by atoms with E-state index >= 15 is 0 Å². The van der Waals surface area contributed by atoms with Crippen LogP contribution in [0, 0.1) is 0 Å². The molecule has 4 heteroatoms. The van der Waals surface area contributed by atoms with Gasteiger partial charge in [0.1, 0.15) is 17.7 Å². The molecule has 17 heavy (non-hydrogen) atoms. The third-order valence-electron chi connectivity index (χ3n) is 2.58. The van der Waals surface area contributed by atoms with Crippen molar-refractivity contribution < 1.29 is 19.0 Å². The van der Waals surface area contributed by atoms with Crippen LogP contribution in [0.15, 0.2) is 12.1 Å². The summed E-state index contributed by atoms with van der Waals surface area (Å²) in [4.78, 5) is 0. The van der Waals surface area contributed by atoms with E-state index in [0.717, 1.165) is 5.56 Å². The van der Waals surface area contributed by atoms with E-state index in [9.17, 15) is 9.50 Å². The Bertz CT molecular complexity index is 375. The zero-order valence-electron chi connectivity index (χ0n) is 10.7. The number of rotatable bonds is 5. The van der Waals surface area contributed by atoms with E-state index in [-0.39, 0.29) is 0 Å². The van der Waals surface area contributed by atoms with Crippen LogP contribution in [0.4, 0.5) is 4.39 Å². The third-order valence-corrected chi connectivity index (χ3v) is 2.58. The number of aliphatic hydroxyl groups excluding tert-OH is 1. The van der Waals surface area contributed by atoms with Crippen LogP contribution in [-0.2, 0) is 6.42 Å². The predicted octanol–water partition coefficient (Wildman–Crippen LogP) is 2.66. The van der Waals surface area contributed by atoms with Gasteiger partial charge in [0, 0.05) is 17.5 Å². The molecule has 0 radical (unpaired) electrons. The van der Waals surface area contributed by atoms with Gasteiger partial charge in [0.15, 0.2) is 0 Å². The van der Waals surface area contributed by atoms with E-state index in [1.165, 1.54) is 21.1 Å². The molecule has 96 valence electrons. The van der Waals surface area contributed by atoms with Gasteiger partial charge in [0.2, 0.25) is 0 Å². The first-order valence-electron chi connectivity index (χ1n) is 5.56. The summed E-state index contributed by atoms with van der Waals surface area (Å²) in [6.07, 6.45) is -1.16. The normalized spacial score (nSPS) is 14.2. The van der Waals surface area contributed by atoms with Gasteiger partial charge in [-0.05, 0) is 26.0 Å². The zero-order chi connectivity index (χ0) is 13.0. The maximum Gasteiger partial charge on any atom is 0.126 e. The van der Waals surface area contributed by atoms with Crippen molar-refractivity contribution in [3.63, 3.8) is 0 Å². The second kappa shape index (κ2) is 5.87. The number of hydrogen-bond donors (Lipinski definition) is 1. The molecule has 0 bridgehead atoms. The van der Waals surface area contributed by atoms with Crippen LogP contribution in [0.2, 0.25) is 0 Å². The van der Waals surface area contributed by atoms with E-state index < -0.39 is 12.3 Å². The highest BCUT2D eigenvalue weighted by molar-refractivity contribution is 5.47. The number of methoxy groups -OCH3 is 2. The second-order valence-electron chi connectivity index (χ2n) is 4.08. The number of halogens is 1. The topological polar surface area (TPSA) is 38.7 Å². The number of hydrogen-bond acceptors (Lipinski definition) is 3. The predicted molar refractivity (Wildman–Crippen MR) is 64.5 cm³/mol. The first-order valence-corrected chi connectivity index (χ1v) is 5.56. The Hall–Kier alpha value is -1.29. The summed E-state index contributed by atoms with van der Waals surface area (Å²) in [5.41, 5.74) is 1.27. The molecule has 2 atom stereocenters. The molecule has 0 fully saturated rings. The lowest BCUT2D eigenvalue weighted by atomic mass is 10.0. The van der Waals surface area contributed by atoms with Crippen LogP contribution >= 0.6 is 0 Å². The van der Waals surface area contributed by atoms with Crippen LogP contribution < -0.4 is 9.47 Å². The molecule has 0 aliphatic heterocycles. The van der Waals surface area contributed by atoms with Crippen LogP contribution in [-0.4, -0.2) is 25.4 Å². The fourth-order valence-electron chi connectivity index (χ4n) is 1.77. The smallest absolute Gasteiger partial charge is 0.126 e. The van der Waals surface area contributed by atoms with Crippen molar-refractivity contribution in [1.29, 1.82) is 0 Å². The molecule has 0 aliphatic carbocycles. The van der Waals surface area contributed by atoms with Crippen LogP contribution in [0.25, 0.3) is 0 Å². The van der Waals surface area contributed by atoms with Gasteiger partial charge in [0.05, 0.1) is 20.3 Å². The molecular formula is C13H19FO3. The Kier molecular flexibility index (Phi) is 4.75. The minimum absolute atomic E-state index is 0.445. The SMILES string of the molecule is COc1cc(C(C)F)c(OC)cc1CC(C)O. The monoisotopic (exact) mass is 242 g/mol. The number of ether oxygens (including phenoxy) is 2. The van der Waals surface area contributed by atoms with E-state index in [4.69, 9.17) is 9.47 Å². The van der Waals surface area contributed by atoms with Gasteiger partial charge < -0.3 is 14.6 Å². The van der Waals surface area contributed by atoms with Gasteiger partial charge in [-0.25, -0.2) is 4.39 Å². The molecule has 0 saturated heterocycles. The molecule has 1 aromatic carbocycles. The Morgan fingerprint density at radius 1 is 1.18 bits per heavy atom. The Morgan fingerprint density at radius 2 is 1.76 bits per heavy atom. The Labute approximate surface area is 101 Å². The van der Waals surface area contributed by atoms with Crippen molar-refractivity contribution in [1.82, 2.24) is 0 Å². The third kappa shape index (κ3) is 3.33. The highest BCUT2D eigenvalue weighted by atomic mass is 19.1. The van der Waals surface area contributed by atoms with Crippen molar-refractivity contribution >= 4 is 0 Å². The summed E-state index contributed by atoms with van der Waals surface area (Å²) in [5.74, 6) is 1.06. The quantitative estimate of drug-likeness (QED) is 0.862. The Morgan fingerprint density at radius 3 is 2.18 bits per heavy atom. The standard InChI is InChI=1S/C13H19FO3/c1-8(15)5-10-6-13(17-4)11(9(2)14)7-12(10)16-3/h6-9,15H,5H2,1-4H3. The van der Waals surface area contributed by atoms with Gasteiger partial charge in [-0.3, -0.25) is 0 Å². The number of benzene rings is 1. The molecule has 0 spiro atoms. The first-order chi connectivity index (χ1) is 7.99. The van der Waals surface area contributed by atoms with Crippen molar-refractivity contribution in [3.05, 3.63) is 23.3 Å². The lowest BCUT2D eigenvalue weighted by Crippen LogP contribution is -2.07. The van der Waals surface area contributed by atoms with Crippen molar-refractivity contribution in [2.24, 2.45) is 0 Å². The summed E-state index contributed by atoms with van der Waals surface area (Å²) in [5, 5.41) is 9.40. The fourth-order valence-corrected chi connectivity index (χ4v) is 1.77. The minimum Gasteiger partial charge on any atom is -0.496 e. The van der Waals surface area contributed by atoms with Crippen LogP contribution in [0.3, 0.4) is 0 Å². The molecule has 0 aromatic heterocycles. The molecule has 0 amide bonds. The molecule has 0 heterocycles. The highest BCUT2D eigenvalue weighted by Crippen LogP contribution is 2.34. The van der Waals surface area contributed by atoms with Crippen LogP contribution in [0.1, 0.15) is 31.1 Å². The molecule has 2 unspecified atom stereocenters. The summed E-state index contributed by atoms with van der Waals surface area (Å²) >= 11 is 0. The maximum atomic E-state index is 13.4. The molecule has 0 aliphatic rings. The van der Waals surface area contributed by atoms with Crippen molar-refractivity contribution in [3.8, 4) is 11.5 Å². The lowest BCUT2D eigenvalue weighted by Gasteiger charge is -2.16. The van der Waals surface area contributed by atoms with Gasteiger partial charge in [0.25, 0.3) is 0 Å². The molecular weight excluding hydrogens is 223 g/mol. The zero-order valence-corrected chi connectivity index (χ0v) is 10.7. The van der Waals surface area contributed by atoms with Crippen molar-refractivity contribution in [2.45, 2.75) is 32.5 Å². The molecule has 1 N–H and O–H groups in total. The second-order valence-corrected chi connectivity index (χ2v) is 4.08. The van der Waals surface area contributed by atoms with Gasteiger partial charge in [-0.1, -0.05) is 0 Å². The average molecular weight is 242 g/mol. The summed E-state index contributed by atoms with van der Waals surface area (Å²) in [6.45, 7) is 3.14. The van der Waals surface area contributed by atoms with Gasteiger partial charge in [-0.15, -0.1) is 0 Å². The number of alkyl halides is 1. The summed E-state index contributed by atoms with van der Waals surface area (Å²) in [7, 11) is 3.03. The van der Waals surface area contributed by atoms with E-state index in [0.29, 0.717) is 23.5 Å². The molecule has 1 rings (SSSR count). The fraction of sp³-hybridized carbons (Fsp3) is 0.538. The highest BCUT2D eigenvalue weighted by Gasteiger charge is 2.16. The minimum atomic E-state index is -1.13. The van der Waals surface area contributed by atoms with Gasteiger partial charge in [-0.2, -0.15) is 0 Å². The molecule has 0 saturated carbocycles. The number of aliphatic hydroxyl groups is 1. The average Bonchev–Trinajstić information content (AvgIpc) is 2.27. The first kappa shape index (κ1) is 13.8. The Balaban J connectivity index is 3.22. The summed E-state index contributed by atoms with van der Waals surface area (Å²) < 4.78 is 23.8. The lowest BCUT2D eigenvalue weighted by molar-refractivity contribution is 0.194. The van der Waals surface area contributed by atoms with E-state index in [1.807, 2.05) is 0 Å². The van der Waals surface area contributed by atoms with Gasteiger partial charge >= 0.3 is 0 Å². The van der Waals surface area contributed by atoms with E-state index in [2.05, 4.69) is 0 Å². The largest absolute Gasteiger partial charge is 0.496 e. The summed E-state index contributed by atoms with van der Waals surface area (Å²) in [6, 6.07) is 3.35.